The number of carbonyl (C=O) groups excluding carboxylic acids is 1. The van der Waals surface area contributed by atoms with Crippen molar-refractivity contribution >= 4 is 5.91 Å². The zero-order valence-electron chi connectivity index (χ0n) is 15.5. The molecule has 0 bridgehead atoms. The number of hydrogen-bond donors (Lipinski definition) is 1. The fourth-order valence-electron chi connectivity index (χ4n) is 3.25. The van der Waals surface area contributed by atoms with Crippen molar-refractivity contribution in [3.05, 3.63) is 71.8 Å². The number of hydrogen-bond acceptors (Lipinski definition) is 4. The van der Waals surface area contributed by atoms with Gasteiger partial charge in [-0.2, -0.15) is 5.10 Å². The first kappa shape index (κ1) is 17.3. The Morgan fingerprint density at radius 3 is 2.81 bits per heavy atom. The van der Waals surface area contributed by atoms with Crippen LogP contribution in [0.25, 0.3) is 5.69 Å². The van der Waals surface area contributed by atoms with E-state index < -0.39 is 0 Å². The molecule has 1 amide bonds. The Morgan fingerprint density at radius 1 is 1.26 bits per heavy atom. The van der Waals surface area contributed by atoms with E-state index in [1.807, 2.05) is 43.3 Å². The molecule has 0 aliphatic heterocycles. The highest BCUT2D eigenvalue weighted by Gasteiger charge is 2.45. The second-order valence-electron chi connectivity index (χ2n) is 7.00. The fourth-order valence-corrected chi connectivity index (χ4v) is 3.25. The number of methoxy groups -OCH3 is 1. The molecule has 1 aliphatic rings. The van der Waals surface area contributed by atoms with Crippen molar-refractivity contribution in [3.8, 4) is 11.4 Å². The molecule has 6 nitrogen and oxygen atoms in total. The van der Waals surface area contributed by atoms with Crippen molar-refractivity contribution in [2.45, 2.75) is 25.2 Å². The van der Waals surface area contributed by atoms with Crippen LogP contribution in [0.15, 0.2) is 54.9 Å². The monoisotopic (exact) mass is 362 g/mol. The quantitative estimate of drug-likeness (QED) is 0.732. The van der Waals surface area contributed by atoms with Gasteiger partial charge in [0.15, 0.2) is 5.69 Å². The van der Waals surface area contributed by atoms with Crippen LogP contribution in [0.1, 0.15) is 34.6 Å². The second kappa shape index (κ2) is 6.87. The van der Waals surface area contributed by atoms with E-state index in [9.17, 15) is 4.79 Å². The first-order valence-corrected chi connectivity index (χ1v) is 9.02. The lowest BCUT2D eigenvalue weighted by molar-refractivity contribution is 0.0944. The van der Waals surface area contributed by atoms with Gasteiger partial charge in [-0.05, 0) is 55.7 Å². The van der Waals surface area contributed by atoms with Gasteiger partial charge in [0.05, 0.1) is 7.11 Å². The largest absolute Gasteiger partial charge is 0.494 e. The summed E-state index contributed by atoms with van der Waals surface area (Å²) >= 11 is 0. The summed E-state index contributed by atoms with van der Waals surface area (Å²) in [5.41, 5.74) is 3.30. The van der Waals surface area contributed by atoms with Gasteiger partial charge >= 0.3 is 0 Å². The molecule has 0 atom stereocenters. The maximum absolute atomic E-state index is 12.6. The van der Waals surface area contributed by atoms with Crippen molar-refractivity contribution < 1.29 is 9.53 Å². The van der Waals surface area contributed by atoms with Crippen LogP contribution in [0.3, 0.4) is 0 Å². The lowest BCUT2D eigenvalue weighted by Crippen LogP contribution is -2.33. The van der Waals surface area contributed by atoms with Gasteiger partial charge in [-0.15, -0.1) is 0 Å². The number of nitrogens with one attached hydrogen (secondary N) is 1. The number of rotatable bonds is 6. The SMILES string of the molecule is COc1ccc(C)cc1-n1ccc(C(=O)NCC2(c3ccccn3)CC2)n1. The molecule has 2 heterocycles. The number of ether oxygens (including phenoxy) is 1. The molecule has 2 aromatic heterocycles. The van der Waals surface area contributed by atoms with Gasteiger partial charge in [0.1, 0.15) is 11.4 Å². The summed E-state index contributed by atoms with van der Waals surface area (Å²) in [5.74, 6) is 0.533. The van der Waals surface area contributed by atoms with Crippen LogP contribution < -0.4 is 10.1 Å². The molecule has 0 saturated heterocycles. The maximum Gasteiger partial charge on any atom is 0.271 e. The minimum Gasteiger partial charge on any atom is -0.494 e. The number of aromatic nitrogens is 3. The van der Waals surface area contributed by atoms with Crippen molar-refractivity contribution in [2.24, 2.45) is 0 Å². The molecule has 6 heteroatoms. The summed E-state index contributed by atoms with van der Waals surface area (Å²) in [6, 6.07) is 13.5. The predicted octanol–water partition coefficient (Wildman–Crippen LogP) is 3.05. The number of pyridine rings is 1. The maximum atomic E-state index is 12.6. The molecular formula is C21H22N4O2. The lowest BCUT2D eigenvalue weighted by atomic mass is 10.0. The van der Waals surface area contributed by atoms with Crippen LogP contribution in [-0.4, -0.2) is 34.3 Å². The summed E-state index contributed by atoms with van der Waals surface area (Å²) in [4.78, 5) is 17.0. The van der Waals surface area contributed by atoms with Gasteiger partial charge in [-0.25, -0.2) is 4.68 Å². The average Bonchev–Trinajstić information content (AvgIpc) is 3.34. The van der Waals surface area contributed by atoms with E-state index in [1.165, 1.54) is 0 Å². The Kier molecular flexibility index (Phi) is 4.39. The number of nitrogens with zero attached hydrogens (tertiary/aromatic N) is 3. The van der Waals surface area contributed by atoms with E-state index in [-0.39, 0.29) is 11.3 Å². The average molecular weight is 362 g/mol. The van der Waals surface area contributed by atoms with Gasteiger partial charge in [0.2, 0.25) is 0 Å². The van der Waals surface area contributed by atoms with Crippen LogP contribution in [-0.2, 0) is 5.41 Å². The van der Waals surface area contributed by atoms with E-state index in [2.05, 4.69) is 15.4 Å². The zero-order chi connectivity index (χ0) is 18.9. The second-order valence-corrected chi connectivity index (χ2v) is 7.00. The third-order valence-electron chi connectivity index (χ3n) is 5.05. The first-order chi connectivity index (χ1) is 13.1. The standard InChI is InChI=1S/C21H22N4O2/c1-15-6-7-18(27-2)17(13-15)25-12-8-16(24-25)20(26)23-14-21(9-10-21)19-5-3-4-11-22-19/h3-8,11-13H,9-10,14H2,1-2H3,(H,23,26). The van der Waals surface area contributed by atoms with E-state index in [0.29, 0.717) is 18.0 Å². The molecule has 1 aliphatic carbocycles. The van der Waals surface area contributed by atoms with Crippen molar-refractivity contribution in [3.63, 3.8) is 0 Å². The van der Waals surface area contributed by atoms with E-state index in [1.54, 1.807) is 30.3 Å². The third-order valence-corrected chi connectivity index (χ3v) is 5.05. The van der Waals surface area contributed by atoms with Gasteiger partial charge < -0.3 is 10.1 Å². The first-order valence-electron chi connectivity index (χ1n) is 9.02. The van der Waals surface area contributed by atoms with Crippen molar-refractivity contribution in [1.82, 2.24) is 20.1 Å². The summed E-state index contributed by atoms with van der Waals surface area (Å²) < 4.78 is 7.08. The van der Waals surface area contributed by atoms with E-state index >= 15 is 0 Å². The highest BCUT2D eigenvalue weighted by Crippen LogP contribution is 2.46. The Labute approximate surface area is 158 Å². The van der Waals surface area contributed by atoms with E-state index in [0.717, 1.165) is 29.8 Å². The molecular weight excluding hydrogens is 340 g/mol. The molecule has 1 N–H and O–H groups in total. The number of benzene rings is 1. The van der Waals surface area contributed by atoms with E-state index in [4.69, 9.17) is 4.74 Å². The van der Waals surface area contributed by atoms with Gasteiger partial charge in [0, 0.05) is 30.0 Å². The summed E-state index contributed by atoms with van der Waals surface area (Å²) in [7, 11) is 1.62. The molecule has 1 saturated carbocycles. The Balaban J connectivity index is 1.48. The third kappa shape index (κ3) is 3.43. The molecule has 3 aromatic rings. The number of aryl methyl sites for hydroxylation is 1. The van der Waals surface area contributed by atoms with Gasteiger partial charge in [0.25, 0.3) is 5.91 Å². The lowest BCUT2D eigenvalue weighted by Gasteiger charge is -2.14. The molecule has 1 fully saturated rings. The molecule has 4 rings (SSSR count). The minimum absolute atomic E-state index is 0.0285. The highest BCUT2D eigenvalue weighted by molar-refractivity contribution is 5.92. The normalized spacial score (nSPS) is 14.6. The van der Waals surface area contributed by atoms with Crippen LogP contribution in [0, 0.1) is 6.92 Å². The van der Waals surface area contributed by atoms with Crippen LogP contribution in [0.4, 0.5) is 0 Å². The Morgan fingerprint density at radius 2 is 2.11 bits per heavy atom. The smallest absolute Gasteiger partial charge is 0.271 e. The number of carbonyl (C=O) groups is 1. The fraction of sp³-hybridized carbons (Fsp3) is 0.286. The Hall–Kier alpha value is -3.15. The summed E-state index contributed by atoms with van der Waals surface area (Å²) in [6.45, 7) is 2.58. The topological polar surface area (TPSA) is 69.0 Å². The number of amides is 1. The minimum atomic E-state index is -0.178. The highest BCUT2D eigenvalue weighted by atomic mass is 16.5. The summed E-state index contributed by atoms with van der Waals surface area (Å²) in [5, 5.41) is 7.45. The predicted molar refractivity (Wildman–Crippen MR) is 102 cm³/mol. The molecule has 138 valence electrons. The van der Waals surface area contributed by atoms with Gasteiger partial charge in [-0.1, -0.05) is 12.1 Å². The summed E-state index contributed by atoms with van der Waals surface area (Å²) in [6.07, 6.45) is 5.66. The van der Waals surface area contributed by atoms with Gasteiger partial charge in [-0.3, -0.25) is 9.78 Å². The molecule has 1 aromatic carbocycles. The Bertz CT molecular complexity index is 961. The molecule has 27 heavy (non-hydrogen) atoms. The molecule has 0 radical (unpaired) electrons. The van der Waals surface area contributed by atoms with Crippen LogP contribution in [0.2, 0.25) is 0 Å². The molecule has 0 spiro atoms. The van der Waals surface area contributed by atoms with Crippen molar-refractivity contribution in [2.75, 3.05) is 13.7 Å². The van der Waals surface area contributed by atoms with Crippen molar-refractivity contribution in [1.29, 1.82) is 0 Å². The van der Waals surface area contributed by atoms with Crippen LogP contribution in [0.5, 0.6) is 5.75 Å². The zero-order valence-corrected chi connectivity index (χ0v) is 15.5. The molecule has 0 unspecified atom stereocenters. The van der Waals surface area contributed by atoms with Crippen LogP contribution >= 0.6 is 0 Å².